The van der Waals surface area contributed by atoms with E-state index >= 15 is 0 Å². The van der Waals surface area contributed by atoms with E-state index in [-0.39, 0.29) is 17.9 Å². The Kier molecular flexibility index (Phi) is 4.74. The van der Waals surface area contributed by atoms with Gasteiger partial charge in [0.15, 0.2) is 0 Å². The van der Waals surface area contributed by atoms with Crippen molar-refractivity contribution in [3.05, 3.63) is 29.8 Å². The number of benzene rings is 1. The lowest BCUT2D eigenvalue weighted by molar-refractivity contribution is -0.137. The summed E-state index contributed by atoms with van der Waals surface area (Å²) in [6, 6.07) is 7.36. The van der Waals surface area contributed by atoms with Crippen molar-refractivity contribution in [1.82, 2.24) is 4.90 Å². The van der Waals surface area contributed by atoms with E-state index < -0.39 is 0 Å². The van der Waals surface area contributed by atoms with Gasteiger partial charge in [0.05, 0.1) is 19.1 Å². The maximum atomic E-state index is 12.2. The molecule has 0 radical (unpaired) electrons. The summed E-state index contributed by atoms with van der Waals surface area (Å²) >= 11 is 0. The van der Waals surface area contributed by atoms with Crippen LogP contribution in [-0.2, 0) is 20.7 Å². The van der Waals surface area contributed by atoms with Crippen LogP contribution in [-0.4, -0.2) is 42.5 Å². The van der Waals surface area contributed by atoms with E-state index in [1.165, 1.54) is 6.92 Å². The van der Waals surface area contributed by atoms with Crippen molar-refractivity contribution in [2.24, 2.45) is 0 Å². The van der Waals surface area contributed by atoms with E-state index in [2.05, 4.69) is 5.32 Å². The number of anilines is 1. The van der Waals surface area contributed by atoms with Gasteiger partial charge in [-0.1, -0.05) is 12.1 Å². The number of carbonyl (C=O) groups is 2. The minimum atomic E-state index is -0.101. The second kappa shape index (κ2) is 6.52. The molecule has 1 saturated heterocycles. The van der Waals surface area contributed by atoms with Gasteiger partial charge in [0.2, 0.25) is 11.8 Å². The molecule has 108 valence electrons. The Morgan fingerprint density at radius 3 is 2.65 bits per heavy atom. The summed E-state index contributed by atoms with van der Waals surface area (Å²) in [6.07, 6.45) is 0.488. The van der Waals surface area contributed by atoms with E-state index in [1.807, 2.05) is 36.1 Å². The Morgan fingerprint density at radius 1 is 1.35 bits per heavy atom. The third-order valence-electron chi connectivity index (χ3n) is 3.22. The average molecular weight is 276 g/mol. The number of nitrogens with one attached hydrogen (secondary N) is 1. The highest BCUT2D eigenvalue weighted by molar-refractivity contribution is 5.88. The fourth-order valence-corrected chi connectivity index (χ4v) is 2.24. The molecule has 5 nitrogen and oxygen atoms in total. The second-order valence-electron chi connectivity index (χ2n) is 5.08. The highest BCUT2D eigenvalue weighted by atomic mass is 16.5. The van der Waals surface area contributed by atoms with E-state index in [1.54, 1.807) is 0 Å². The van der Waals surface area contributed by atoms with Crippen LogP contribution in [0.15, 0.2) is 24.3 Å². The third kappa shape index (κ3) is 4.06. The molecule has 1 aromatic rings. The van der Waals surface area contributed by atoms with Crippen molar-refractivity contribution in [2.45, 2.75) is 26.4 Å². The summed E-state index contributed by atoms with van der Waals surface area (Å²) in [4.78, 5) is 24.9. The number of morpholine rings is 1. The Morgan fingerprint density at radius 2 is 2.05 bits per heavy atom. The van der Waals surface area contributed by atoms with Gasteiger partial charge in [-0.05, 0) is 24.6 Å². The molecule has 0 unspecified atom stereocenters. The van der Waals surface area contributed by atoms with Crippen molar-refractivity contribution in [2.75, 3.05) is 25.0 Å². The Balaban J connectivity index is 1.92. The van der Waals surface area contributed by atoms with Crippen LogP contribution in [0.3, 0.4) is 0 Å². The predicted molar refractivity (Wildman–Crippen MR) is 76.4 cm³/mol. The van der Waals surface area contributed by atoms with Crippen LogP contribution in [0, 0.1) is 0 Å². The second-order valence-corrected chi connectivity index (χ2v) is 5.08. The minimum Gasteiger partial charge on any atom is -0.375 e. The molecule has 1 aromatic carbocycles. The van der Waals surface area contributed by atoms with Gasteiger partial charge in [0, 0.05) is 25.7 Å². The maximum absolute atomic E-state index is 12.2. The van der Waals surface area contributed by atoms with Gasteiger partial charge < -0.3 is 15.0 Å². The molecule has 0 spiro atoms. The predicted octanol–water partition coefficient (Wildman–Crippen LogP) is 1.43. The fourth-order valence-electron chi connectivity index (χ4n) is 2.24. The average Bonchev–Trinajstić information content (AvgIpc) is 2.40. The molecule has 5 heteroatoms. The smallest absolute Gasteiger partial charge is 0.227 e. The van der Waals surface area contributed by atoms with Crippen LogP contribution in [0.2, 0.25) is 0 Å². The zero-order valence-electron chi connectivity index (χ0n) is 11.9. The summed E-state index contributed by atoms with van der Waals surface area (Å²) in [6.45, 7) is 5.36. The van der Waals surface area contributed by atoms with E-state index in [0.29, 0.717) is 26.1 Å². The Hall–Kier alpha value is -1.88. The first-order chi connectivity index (χ1) is 9.54. The molecule has 1 fully saturated rings. The summed E-state index contributed by atoms with van der Waals surface area (Å²) in [7, 11) is 0. The molecule has 1 aliphatic rings. The van der Waals surface area contributed by atoms with Crippen LogP contribution in [0.5, 0.6) is 0 Å². The largest absolute Gasteiger partial charge is 0.375 e. The number of ether oxygens (including phenoxy) is 1. The molecule has 2 amide bonds. The number of hydrogen-bond acceptors (Lipinski definition) is 3. The highest BCUT2D eigenvalue weighted by Gasteiger charge is 2.21. The molecule has 1 aliphatic heterocycles. The number of nitrogens with zero attached hydrogens (tertiary/aromatic N) is 1. The van der Waals surface area contributed by atoms with Gasteiger partial charge in [0.25, 0.3) is 0 Å². The molecule has 0 aliphatic carbocycles. The third-order valence-corrected chi connectivity index (χ3v) is 3.22. The lowest BCUT2D eigenvalue weighted by Gasteiger charge is -2.31. The van der Waals surface area contributed by atoms with Crippen LogP contribution in [0.4, 0.5) is 5.69 Å². The Labute approximate surface area is 118 Å². The summed E-state index contributed by atoms with van der Waals surface area (Å²) < 4.78 is 5.43. The highest BCUT2D eigenvalue weighted by Crippen LogP contribution is 2.12. The lowest BCUT2D eigenvalue weighted by atomic mass is 10.1. The molecular weight excluding hydrogens is 256 g/mol. The first kappa shape index (κ1) is 14.5. The maximum Gasteiger partial charge on any atom is 0.227 e. The lowest BCUT2D eigenvalue weighted by Crippen LogP contribution is -2.45. The van der Waals surface area contributed by atoms with Gasteiger partial charge in [-0.3, -0.25) is 9.59 Å². The molecule has 2 rings (SSSR count). The fraction of sp³-hybridized carbons (Fsp3) is 0.467. The van der Waals surface area contributed by atoms with Crippen LogP contribution >= 0.6 is 0 Å². The molecule has 1 N–H and O–H groups in total. The molecule has 1 atom stereocenters. The normalized spacial score (nSPS) is 18.7. The number of rotatable bonds is 3. The van der Waals surface area contributed by atoms with Gasteiger partial charge >= 0.3 is 0 Å². The topological polar surface area (TPSA) is 58.6 Å². The van der Waals surface area contributed by atoms with Crippen LogP contribution < -0.4 is 5.32 Å². The van der Waals surface area contributed by atoms with Gasteiger partial charge in [-0.2, -0.15) is 0 Å². The van der Waals surface area contributed by atoms with Crippen molar-refractivity contribution in [1.29, 1.82) is 0 Å². The molecule has 0 aromatic heterocycles. The van der Waals surface area contributed by atoms with Crippen molar-refractivity contribution in [3.63, 3.8) is 0 Å². The standard InChI is InChI=1S/C15H20N2O3/c1-11-10-17(7-8-20-11)15(19)9-13-3-5-14(6-4-13)16-12(2)18/h3-6,11H,7-10H2,1-2H3,(H,16,18)/t11-/m1/s1. The summed E-state index contributed by atoms with van der Waals surface area (Å²) in [5, 5.41) is 2.70. The molecule has 0 saturated carbocycles. The minimum absolute atomic E-state index is 0.101. The van der Waals surface area contributed by atoms with Crippen molar-refractivity contribution in [3.8, 4) is 0 Å². The molecule has 20 heavy (non-hydrogen) atoms. The molecule has 1 heterocycles. The summed E-state index contributed by atoms with van der Waals surface area (Å²) in [5.41, 5.74) is 1.69. The van der Waals surface area contributed by atoms with Crippen molar-refractivity contribution < 1.29 is 14.3 Å². The van der Waals surface area contributed by atoms with E-state index in [0.717, 1.165) is 11.3 Å². The number of carbonyl (C=O) groups excluding carboxylic acids is 2. The van der Waals surface area contributed by atoms with E-state index in [9.17, 15) is 9.59 Å². The Bertz CT molecular complexity index is 484. The first-order valence-corrected chi connectivity index (χ1v) is 6.80. The zero-order valence-corrected chi connectivity index (χ0v) is 11.9. The number of amides is 2. The number of hydrogen-bond donors (Lipinski definition) is 1. The quantitative estimate of drug-likeness (QED) is 0.908. The monoisotopic (exact) mass is 276 g/mol. The summed E-state index contributed by atoms with van der Waals surface area (Å²) in [5.74, 6) is 0.0172. The van der Waals surface area contributed by atoms with Crippen LogP contribution in [0.1, 0.15) is 19.4 Å². The molecular formula is C15H20N2O3. The van der Waals surface area contributed by atoms with Gasteiger partial charge in [-0.15, -0.1) is 0 Å². The first-order valence-electron chi connectivity index (χ1n) is 6.80. The molecule has 0 bridgehead atoms. The van der Waals surface area contributed by atoms with Gasteiger partial charge in [-0.25, -0.2) is 0 Å². The van der Waals surface area contributed by atoms with Crippen LogP contribution in [0.25, 0.3) is 0 Å². The zero-order chi connectivity index (χ0) is 14.5. The van der Waals surface area contributed by atoms with Crippen molar-refractivity contribution >= 4 is 17.5 Å². The SMILES string of the molecule is CC(=O)Nc1ccc(CC(=O)N2CCO[C@H](C)C2)cc1. The van der Waals surface area contributed by atoms with Gasteiger partial charge in [0.1, 0.15) is 0 Å². The van der Waals surface area contributed by atoms with E-state index in [4.69, 9.17) is 4.74 Å².